The van der Waals surface area contributed by atoms with E-state index in [0.717, 1.165) is 17.1 Å². The molecule has 0 saturated carbocycles. The molecule has 3 rings (SSSR count). The van der Waals surface area contributed by atoms with Gasteiger partial charge in [0.25, 0.3) is 0 Å². The number of carbonyl (C=O) groups is 1. The maximum absolute atomic E-state index is 12.3. The van der Waals surface area contributed by atoms with Crippen LogP contribution in [0.4, 0.5) is 5.69 Å². The fourth-order valence-electron chi connectivity index (χ4n) is 2.81. The highest BCUT2D eigenvalue weighted by Crippen LogP contribution is 2.23. The number of rotatable bonds is 7. The summed E-state index contributed by atoms with van der Waals surface area (Å²) in [6, 6.07) is 18.3. The van der Waals surface area contributed by atoms with Gasteiger partial charge in [-0.25, -0.2) is 13.1 Å². The van der Waals surface area contributed by atoms with Crippen LogP contribution in [0, 0.1) is 6.92 Å². The van der Waals surface area contributed by atoms with E-state index in [4.69, 9.17) is 4.42 Å². The fourth-order valence-corrected chi connectivity index (χ4v) is 3.80. The average molecular weight is 398 g/mol. The van der Waals surface area contributed by atoms with Crippen molar-refractivity contribution in [2.24, 2.45) is 0 Å². The summed E-state index contributed by atoms with van der Waals surface area (Å²) < 4.78 is 32.2. The van der Waals surface area contributed by atoms with E-state index in [1.807, 2.05) is 42.5 Å². The van der Waals surface area contributed by atoms with Crippen molar-refractivity contribution in [2.45, 2.75) is 24.7 Å². The smallest absolute Gasteiger partial charge is 0.240 e. The molecule has 0 saturated heterocycles. The van der Waals surface area contributed by atoms with Crippen LogP contribution in [0.5, 0.6) is 0 Å². The lowest BCUT2D eigenvalue weighted by Gasteiger charge is -2.10. The lowest BCUT2D eigenvalue weighted by molar-refractivity contribution is -0.116. The highest BCUT2D eigenvalue weighted by molar-refractivity contribution is 7.89. The number of hydrogen-bond acceptors (Lipinski definition) is 4. The minimum Gasteiger partial charge on any atom is -0.461 e. The molecule has 0 aliphatic carbocycles. The standard InChI is InChI=1S/C21H22N2O4S/c1-15-8-9-17(14-20(15)28(25,26)22-2)23-21(24)13-11-18-10-12-19(27-18)16-6-4-3-5-7-16/h3-10,12,14,22H,11,13H2,1-2H3,(H,23,24). The first-order chi connectivity index (χ1) is 13.4. The van der Waals surface area contributed by atoms with Crippen molar-refractivity contribution in [1.82, 2.24) is 4.72 Å². The van der Waals surface area contributed by atoms with E-state index in [-0.39, 0.29) is 17.2 Å². The Labute approximate surface area is 164 Å². The molecule has 1 heterocycles. The van der Waals surface area contributed by atoms with Gasteiger partial charge in [-0.2, -0.15) is 0 Å². The number of furan rings is 1. The molecule has 0 spiro atoms. The second-order valence-corrected chi connectivity index (χ2v) is 8.22. The summed E-state index contributed by atoms with van der Waals surface area (Å²) in [4.78, 5) is 12.4. The van der Waals surface area contributed by atoms with E-state index in [9.17, 15) is 13.2 Å². The first kappa shape index (κ1) is 19.9. The summed E-state index contributed by atoms with van der Waals surface area (Å²) in [5.41, 5.74) is 2.03. The maximum atomic E-state index is 12.3. The number of hydrogen-bond donors (Lipinski definition) is 2. The number of carbonyl (C=O) groups excluding carboxylic acids is 1. The molecule has 146 valence electrons. The number of benzene rings is 2. The van der Waals surface area contributed by atoms with E-state index in [1.165, 1.54) is 13.1 Å². The number of anilines is 1. The van der Waals surface area contributed by atoms with Crippen LogP contribution in [0.1, 0.15) is 17.7 Å². The Hall–Kier alpha value is -2.90. The second kappa shape index (κ2) is 8.41. The lowest BCUT2D eigenvalue weighted by atomic mass is 10.2. The Bertz CT molecular complexity index is 1070. The van der Waals surface area contributed by atoms with Crippen molar-refractivity contribution in [3.63, 3.8) is 0 Å². The Balaban J connectivity index is 1.62. The first-order valence-electron chi connectivity index (χ1n) is 8.87. The van der Waals surface area contributed by atoms with Crippen molar-refractivity contribution in [3.8, 4) is 11.3 Å². The van der Waals surface area contributed by atoms with Crippen molar-refractivity contribution >= 4 is 21.6 Å². The SMILES string of the molecule is CNS(=O)(=O)c1cc(NC(=O)CCc2ccc(-c3ccccc3)o2)ccc1C. The predicted octanol–water partition coefficient (Wildman–Crippen LogP) is 3.73. The van der Waals surface area contributed by atoms with Crippen LogP contribution in [0.15, 0.2) is 70.0 Å². The average Bonchev–Trinajstić information content (AvgIpc) is 3.17. The van der Waals surface area contributed by atoms with Gasteiger partial charge in [0, 0.05) is 24.1 Å². The largest absolute Gasteiger partial charge is 0.461 e. The minimum absolute atomic E-state index is 0.145. The van der Waals surface area contributed by atoms with E-state index >= 15 is 0 Å². The zero-order valence-corrected chi connectivity index (χ0v) is 16.5. The van der Waals surface area contributed by atoms with Gasteiger partial charge in [-0.3, -0.25) is 4.79 Å². The molecule has 0 aliphatic rings. The molecule has 0 atom stereocenters. The van der Waals surface area contributed by atoms with Crippen molar-refractivity contribution in [3.05, 3.63) is 72.0 Å². The molecule has 0 fully saturated rings. The first-order valence-corrected chi connectivity index (χ1v) is 10.4. The zero-order chi connectivity index (χ0) is 20.1. The summed E-state index contributed by atoms with van der Waals surface area (Å²) in [5.74, 6) is 1.27. The van der Waals surface area contributed by atoms with E-state index in [2.05, 4.69) is 10.0 Å². The molecule has 0 radical (unpaired) electrons. The van der Waals surface area contributed by atoms with Crippen LogP contribution in [-0.4, -0.2) is 21.4 Å². The molecule has 0 unspecified atom stereocenters. The number of sulfonamides is 1. The molecule has 1 amide bonds. The third-order valence-electron chi connectivity index (χ3n) is 4.35. The van der Waals surface area contributed by atoms with E-state index in [1.54, 1.807) is 19.1 Å². The Kier molecular flexibility index (Phi) is 5.96. The minimum atomic E-state index is -3.58. The van der Waals surface area contributed by atoms with Gasteiger partial charge >= 0.3 is 0 Å². The van der Waals surface area contributed by atoms with Gasteiger partial charge < -0.3 is 9.73 Å². The van der Waals surface area contributed by atoms with Crippen molar-refractivity contribution < 1.29 is 17.6 Å². The fraction of sp³-hybridized carbons (Fsp3) is 0.190. The van der Waals surface area contributed by atoms with Crippen LogP contribution in [0.25, 0.3) is 11.3 Å². The molecule has 1 aromatic heterocycles. The van der Waals surface area contributed by atoms with Crippen molar-refractivity contribution in [1.29, 1.82) is 0 Å². The third kappa shape index (κ3) is 4.68. The van der Waals surface area contributed by atoms with Gasteiger partial charge in [-0.05, 0) is 43.8 Å². The normalized spacial score (nSPS) is 11.4. The van der Waals surface area contributed by atoms with Crippen LogP contribution >= 0.6 is 0 Å². The molecule has 3 aromatic rings. The molecule has 2 N–H and O–H groups in total. The van der Waals surface area contributed by atoms with Gasteiger partial charge in [-0.15, -0.1) is 0 Å². The Morgan fingerprint density at radius 1 is 1.04 bits per heavy atom. The molecular weight excluding hydrogens is 376 g/mol. The summed E-state index contributed by atoms with van der Waals surface area (Å²) in [6.07, 6.45) is 0.677. The molecule has 28 heavy (non-hydrogen) atoms. The quantitative estimate of drug-likeness (QED) is 0.635. The molecule has 0 bridgehead atoms. The molecule has 6 nitrogen and oxygen atoms in total. The monoisotopic (exact) mass is 398 g/mol. The molecule has 7 heteroatoms. The molecular formula is C21H22N2O4S. The summed E-state index contributed by atoms with van der Waals surface area (Å²) in [7, 11) is -2.23. The summed E-state index contributed by atoms with van der Waals surface area (Å²) in [5, 5.41) is 2.74. The van der Waals surface area contributed by atoms with Crippen LogP contribution in [0.2, 0.25) is 0 Å². The van der Waals surface area contributed by atoms with E-state index in [0.29, 0.717) is 17.7 Å². The number of aryl methyl sites for hydroxylation is 2. The van der Waals surface area contributed by atoms with Gasteiger partial charge in [0.15, 0.2) is 0 Å². The number of amides is 1. The third-order valence-corrected chi connectivity index (χ3v) is 5.90. The number of nitrogens with one attached hydrogen (secondary N) is 2. The van der Waals surface area contributed by atoms with Gasteiger partial charge in [0.2, 0.25) is 15.9 Å². The topological polar surface area (TPSA) is 88.4 Å². The van der Waals surface area contributed by atoms with Crippen LogP contribution in [0.3, 0.4) is 0 Å². The second-order valence-electron chi connectivity index (χ2n) is 6.37. The zero-order valence-electron chi connectivity index (χ0n) is 15.7. The highest BCUT2D eigenvalue weighted by Gasteiger charge is 2.16. The maximum Gasteiger partial charge on any atom is 0.240 e. The molecule has 0 aliphatic heterocycles. The Morgan fingerprint density at radius 3 is 2.50 bits per heavy atom. The highest BCUT2D eigenvalue weighted by atomic mass is 32.2. The summed E-state index contributed by atoms with van der Waals surface area (Å²) >= 11 is 0. The van der Waals surface area contributed by atoms with E-state index < -0.39 is 10.0 Å². The van der Waals surface area contributed by atoms with Crippen LogP contribution in [-0.2, 0) is 21.2 Å². The van der Waals surface area contributed by atoms with Crippen molar-refractivity contribution in [2.75, 3.05) is 12.4 Å². The van der Waals surface area contributed by atoms with Gasteiger partial charge in [-0.1, -0.05) is 36.4 Å². The Morgan fingerprint density at radius 2 is 1.79 bits per heavy atom. The predicted molar refractivity (Wildman–Crippen MR) is 109 cm³/mol. The summed E-state index contributed by atoms with van der Waals surface area (Å²) in [6.45, 7) is 1.71. The van der Waals surface area contributed by atoms with Gasteiger partial charge in [0.1, 0.15) is 11.5 Å². The molecule has 2 aromatic carbocycles. The van der Waals surface area contributed by atoms with Gasteiger partial charge in [0.05, 0.1) is 4.90 Å². The van der Waals surface area contributed by atoms with Crippen LogP contribution < -0.4 is 10.0 Å². The lowest BCUT2D eigenvalue weighted by Crippen LogP contribution is -2.20.